The molecule has 0 aliphatic carbocycles. The third kappa shape index (κ3) is 4.19. The van der Waals surface area contributed by atoms with E-state index in [1.165, 1.54) is 35.0 Å². The molecule has 1 aromatic heterocycles. The fourth-order valence-corrected chi connectivity index (χ4v) is 4.48. The largest absolute Gasteiger partial charge is 0.334 e. The van der Waals surface area contributed by atoms with E-state index in [-0.39, 0.29) is 29.2 Å². The van der Waals surface area contributed by atoms with Crippen molar-refractivity contribution in [3.05, 3.63) is 42.6 Å². The molecule has 146 valence electrons. The van der Waals surface area contributed by atoms with Crippen molar-refractivity contribution < 1.29 is 17.6 Å². The van der Waals surface area contributed by atoms with E-state index in [4.69, 9.17) is 0 Å². The molecule has 1 amide bonds. The summed E-state index contributed by atoms with van der Waals surface area (Å²) in [6.45, 7) is 4.25. The highest BCUT2D eigenvalue weighted by Gasteiger charge is 2.34. The first-order chi connectivity index (χ1) is 12.8. The van der Waals surface area contributed by atoms with Gasteiger partial charge < -0.3 is 9.88 Å². The van der Waals surface area contributed by atoms with E-state index >= 15 is 0 Å². The summed E-state index contributed by atoms with van der Waals surface area (Å²) < 4.78 is 42.5. The van der Waals surface area contributed by atoms with Gasteiger partial charge in [0, 0.05) is 25.3 Å². The second-order valence-electron chi connectivity index (χ2n) is 6.92. The average Bonchev–Trinajstić information content (AvgIpc) is 3.15. The molecule has 0 radical (unpaired) electrons. The molecule has 1 aliphatic rings. The van der Waals surface area contributed by atoms with Crippen molar-refractivity contribution in [2.75, 3.05) is 18.4 Å². The summed E-state index contributed by atoms with van der Waals surface area (Å²) in [5.74, 6) is -1.45. The summed E-state index contributed by atoms with van der Waals surface area (Å²) in [6, 6.07) is 6.00. The maximum absolute atomic E-state index is 13.7. The van der Waals surface area contributed by atoms with Crippen LogP contribution >= 0.6 is 0 Å². The number of benzene rings is 1. The predicted octanol–water partition coefficient (Wildman–Crippen LogP) is 2.64. The van der Waals surface area contributed by atoms with Crippen LogP contribution in [-0.4, -0.2) is 41.3 Å². The molecule has 1 aromatic carbocycles. The van der Waals surface area contributed by atoms with Crippen LogP contribution in [0.2, 0.25) is 0 Å². The Morgan fingerprint density at radius 1 is 1.33 bits per heavy atom. The molecule has 0 spiro atoms. The quantitative estimate of drug-likeness (QED) is 0.845. The van der Waals surface area contributed by atoms with Crippen molar-refractivity contribution in [3.63, 3.8) is 0 Å². The van der Waals surface area contributed by atoms with Crippen molar-refractivity contribution in [1.29, 1.82) is 0 Å². The lowest BCUT2D eigenvalue weighted by Crippen LogP contribution is -2.43. The highest BCUT2D eigenvalue weighted by atomic mass is 32.2. The van der Waals surface area contributed by atoms with Gasteiger partial charge in [0.2, 0.25) is 5.91 Å². The number of piperidine rings is 1. The highest BCUT2D eigenvalue weighted by Crippen LogP contribution is 2.25. The first-order valence-corrected chi connectivity index (χ1v) is 10.3. The zero-order chi connectivity index (χ0) is 19.6. The number of sulfonamides is 1. The topological polar surface area (TPSA) is 84.3 Å². The third-order valence-corrected chi connectivity index (χ3v) is 6.42. The molecule has 0 unspecified atom stereocenters. The molecule has 2 aromatic rings. The molecule has 0 saturated carbocycles. The summed E-state index contributed by atoms with van der Waals surface area (Å²) in [5.41, 5.74) is 0.0955. The monoisotopic (exact) mass is 394 g/mol. The van der Waals surface area contributed by atoms with Gasteiger partial charge in [-0.1, -0.05) is 12.1 Å². The van der Waals surface area contributed by atoms with Gasteiger partial charge in [0.1, 0.15) is 5.82 Å². The van der Waals surface area contributed by atoms with E-state index in [9.17, 15) is 17.6 Å². The minimum absolute atomic E-state index is 0.0219. The molecule has 2 heterocycles. The Bertz CT molecular complexity index is 926. The molecule has 3 rings (SSSR count). The number of anilines is 1. The Hall–Kier alpha value is -2.26. The van der Waals surface area contributed by atoms with Crippen molar-refractivity contribution in [1.82, 2.24) is 13.9 Å². The van der Waals surface area contributed by atoms with E-state index < -0.39 is 21.8 Å². The summed E-state index contributed by atoms with van der Waals surface area (Å²) >= 11 is 0. The van der Waals surface area contributed by atoms with Crippen molar-refractivity contribution in [2.45, 2.75) is 37.8 Å². The van der Waals surface area contributed by atoms with Crippen LogP contribution in [0.1, 0.15) is 32.7 Å². The van der Waals surface area contributed by atoms with E-state index in [0.29, 0.717) is 19.4 Å². The van der Waals surface area contributed by atoms with Gasteiger partial charge in [0.25, 0.3) is 10.0 Å². The second kappa shape index (κ2) is 7.77. The van der Waals surface area contributed by atoms with Gasteiger partial charge in [0.15, 0.2) is 5.03 Å². The highest BCUT2D eigenvalue weighted by molar-refractivity contribution is 7.89. The lowest BCUT2D eigenvalue weighted by Gasteiger charge is -2.30. The van der Waals surface area contributed by atoms with Gasteiger partial charge in [0.05, 0.1) is 17.9 Å². The standard InChI is InChI=1S/C18H23FN4O3S/c1-13(2)22-11-17(20-12-22)27(25,26)23-9-5-6-14(10-23)18(24)21-16-8-4-3-7-15(16)19/h3-4,7-8,11-14H,5-6,9-10H2,1-2H3,(H,21,24)/t14-/m0/s1. The van der Waals surface area contributed by atoms with Gasteiger partial charge in [-0.05, 0) is 38.8 Å². The number of carbonyl (C=O) groups excluding carboxylic acids is 1. The van der Waals surface area contributed by atoms with E-state index in [0.717, 1.165) is 0 Å². The minimum Gasteiger partial charge on any atom is -0.334 e. The normalized spacial score (nSPS) is 18.6. The van der Waals surface area contributed by atoms with Gasteiger partial charge in [-0.3, -0.25) is 4.79 Å². The molecule has 0 bridgehead atoms. The van der Waals surface area contributed by atoms with Gasteiger partial charge in [-0.2, -0.15) is 4.31 Å². The Morgan fingerprint density at radius 2 is 2.07 bits per heavy atom. The van der Waals surface area contributed by atoms with E-state index in [2.05, 4.69) is 10.3 Å². The zero-order valence-electron chi connectivity index (χ0n) is 15.3. The Balaban J connectivity index is 1.73. The number of nitrogens with zero attached hydrogens (tertiary/aromatic N) is 3. The maximum atomic E-state index is 13.7. The van der Waals surface area contributed by atoms with Gasteiger partial charge in [-0.15, -0.1) is 0 Å². The molecule has 1 fully saturated rings. The van der Waals surface area contributed by atoms with Crippen molar-refractivity contribution in [3.8, 4) is 0 Å². The van der Waals surface area contributed by atoms with Crippen molar-refractivity contribution in [2.24, 2.45) is 5.92 Å². The number of amides is 1. The molecule has 7 nitrogen and oxygen atoms in total. The summed E-state index contributed by atoms with van der Waals surface area (Å²) in [4.78, 5) is 16.5. The molecular weight excluding hydrogens is 371 g/mol. The third-order valence-electron chi connectivity index (χ3n) is 4.66. The number of hydrogen-bond acceptors (Lipinski definition) is 4. The summed E-state index contributed by atoms with van der Waals surface area (Å²) in [6.07, 6.45) is 4.10. The number of hydrogen-bond donors (Lipinski definition) is 1. The fraction of sp³-hybridized carbons (Fsp3) is 0.444. The Labute approximate surface area is 158 Å². The Morgan fingerprint density at radius 3 is 2.74 bits per heavy atom. The van der Waals surface area contributed by atoms with Crippen LogP contribution in [0.4, 0.5) is 10.1 Å². The molecule has 9 heteroatoms. The van der Waals surface area contributed by atoms with Gasteiger partial charge >= 0.3 is 0 Å². The first kappa shape index (κ1) is 19.5. The number of halogens is 1. The molecule has 1 saturated heterocycles. The second-order valence-corrected chi connectivity index (χ2v) is 8.81. The number of aromatic nitrogens is 2. The van der Waals surface area contributed by atoms with Crippen LogP contribution in [0.15, 0.2) is 41.8 Å². The predicted molar refractivity (Wildman–Crippen MR) is 99.1 cm³/mol. The van der Waals surface area contributed by atoms with Crippen molar-refractivity contribution >= 4 is 21.6 Å². The number of nitrogens with one attached hydrogen (secondary N) is 1. The Kier molecular flexibility index (Phi) is 5.61. The molecule has 27 heavy (non-hydrogen) atoms. The molecule has 1 aliphatic heterocycles. The lowest BCUT2D eigenvalue weighted by atomic mass is 9.98. The van der Waals surface area contributed by atoms with E-state index in [1.54, 1.807) is 10.6 Å². The summed E-state index contributed by atoms with van der Waals surface area (Å²) in [7, 11) is -3.77. The zero-order valence-corrected chi connectivity index (χ0v) is 16.1. The minimum atomic E-state index is -3.77. The fourth-order valence-electron chi connectivity index (χ4n) is 3.04. The SMILES string of the molecule is CC(C)n1cnc(S(=O)(=O)N2CCC[C@H](C(=O)Nc3ccccc3F)C2)c1. The number of carbonyl (C=O) groups is 1. The van der Waals surface area contributed by atoms with Crippen LogP contribution < -0.4 is 5.32 Å². The van der Waals surface area contributed by atoms with Crippen LogP contribution in [0.25, 0.3) is 0 Å². The van der Waals surface area contributed by atoms with Gasteiger partial charge in [-0.25, -0.2) is 17.8 Å². The molecule has 1 N–H and O–H groups in total. The lowest BCUT2D eigenvalue weighted by molar-refractivity contribution is -0.120. The smallest absolute Gasteiger partial charge is 0.262 e. The van der Waals surface area contributed by atoms with Crippen LogP contribution in [-0.2, 0) is 14.8 Å². The average molecular weight is 394 g/mol. The van der Waals surface area contributed by atoms with Crippen LogP contribution in [0, 0.1) is 11.7 Å². The van der Waals surface area contributed by atoms with E-state index in [1.807, 2.05) is 13.8 Å². The molecular formula is C18H23FN4O3S. The number of rotatable bonds is 5. The molecule has 1 atom stereocenters. The number of para-hydroxylation sites is 1. The maximum Gasteiger partial charge on any atom is 0.262 e. The first-order valence-electron chi connectivity index (χ1n) is 8.88. The number of imidazole rings is 1. The van der Waals surface area contributed by atoms with Crippen LogP contribution in [0.3, 0.4) is 0 Å². The van der Waals surface area contributed by atoms with Crippen LogP contribution in [0.5, 0.6) is 0 Å². The summed E-state index contributed by atoms with van der Waals surface area (Å²) in [5, 5.41) is 2.53.